The maximum absolute atomic E-state index is 13.6. The average Bonchev–Trinajstić information content (AvgIpc) is 2.89. The number of likely N-dealkylation sites (tertiary alicyclic amines) is 2. The predicted molar refractivity (Wildman–Crippen MR) is 140 cm³/mol. The monoisotopic (exact) mass is 504 g/mol. The molecule has 0 unspecified atom stereocenters. The molecule has 0 atom stereocenters. The van der Waals surface area contributed by atoms with Crippen LogP contribution in [0.25, 0.3) is 0 Å². The van der Waals surface area contributed by atoms with Gasteiger partial charge in [-0.15, -0.1) is 0 Å². The Morgan fingerprint density at radius 3 is 2.30 bits per heavy atom. The summed E-state index contributed by atoms with van der Waals surface area (Å²) in [6.45, 7) is 3.38. The van der Waals surface area contributed by atoms with Crippen molar-refractivity contribution in [2.75, 3.05) is 39.3 Å². The Kier molecular flexibility index (Phi) is 7.46. The molecular formula is C29H36N4O4. The summed E-state index contributed by atoms with van der Waals surface area (Å²) >= 11 is 0. The topological polar surface area (TPSA) is 105 Å². The van der Waals surface area contributed by atoms with Gasteiger partial charge < -0.3 is 20.7 Å². The third kappa shape index (κ3) is 5.96. The van der Waals surface area contributed by atoms with Gasteiger partial charge in [0.25, 0.3) is 0 Å². The van der Waals surface area contributed by atoms with Gasteiger partial charge in [-0.3, -0.25) is 19.3 Å². The second-order valence-corrected chi connectivity index (χ2v) is 10.7. The van der Waals surface area contributed by atoms with E-state index in [2.05, 4.69) is 11.4 Å². The number of hydrogen-bond donors (Lipinski definition) is 2. The van der Waals surface area contributed by atoms with Crippen molar-refractivity contribution in [2.24, 2.45) is 17.1 Å². The van der Waals surface area contributed by atoms with Crippen molar-refractivity contribution in [3.63, 3.8) is 0 Å². The van der Waals surface area contributed by atoms with Gasteiger partial charge in [-0.2, -0.15) is 0 Å². The number of amides is 3. The van der Waals surface area contributed by atoms with Gasteiger partial charge in [0, 0.05) is 25.6 Å². The summed E-state index contributed by atoms with van der Waals surface area (Å²) in [4.78, 5) is 42.1. The molecule has 3 heterocycles. The van der Waals surface area contributed by atoms with E-state index in [0.717, 1.165) is 41.9 Å². The highest BCUT2D eigenvalue weighted by atomic mass is 16.5. The number of fused-ring (bicyclic) bond motifs is 4. The Morgan fingerprint density at radius 1 is 0.973 bits per heavy atom. The molecular weight excluding hydrogens is 468 g/mol. The van der Waals surface area contributed by atoms with Gasteiger partial charge in [0.1, 0.15) is 11.5 Å². The molecule has 4 bridgehead atoms. The first-order chi connectivity index (χ1) is 17.9. The smallest absolute Gasteiger partial charge is 0.231 e. The number of nitrogens with two attached hydrogens (primary N) is 1. The van der Waals surface area contributed by atoms with E-state index in [4.69, 9.17) is 10.5 Å². The zero-order valence-electron chi connectivity index (χ0n) is 21.3. The number of rotatable bonds is 3. The normalized spacial score (nSPS) is 20.6. The van der Waals surface area contributed by atoms with Gasteiger partial charge in [-0.05, 0) is 87.0 Å². The van der Waals surface area contributed by atoms with E-state index in [1.807, 2.05) is 52.3 Å². The Hall–Kier alpha value is -3.39. The van der Waals surface area contributed by atoms with Crippen LogP contribution >= 0.6 is 0 Å². The molecule has 2 saturated heterocycles. The van der Waals surface area contributed by atoms with Crippen LogP contribution in [0, 0.1) is 11.3 Å². The molecule has 3 aliphatic heterocycles. The minimum atomic E-state index is -0.563. The molecule has 5 rings (SSSR count). The summed E-state index contributed by atoms with van der Waals surface area (Å²) in [6, 6.07) is 16.0. The molecule has 0 saturated carbocycles. The summed E-state index contributed by atoms with van der Waals surface area (Å²) in [5, 5.41) is 3.20. The van der Waals surface area contributed by atoms with E-state index in [0.29, 0.717) is 52.0 Å². The Labute approximate surface area is 218 Å². The van der Waals surface area contributed by atoms with Crippen LogP contribution in [0.3, 0.4) is 0 Å². The molecule has 1 spiro atoms. The molecule has 8 heteroatoms. The Bertz CT molecular complexity index is 1150. The van der Waals surface area contributed by atoms with Crippen LogP contribution in [0.2, 0.25) is 0 Å². The van der Waals surface area contributed by atoms with Crippen molar-refractivity contribution in [3.05, 3.63) is 59.7 Å². The van der Waals surface area contributed by atoms with Crippen LogP contribution in [0.4, 0.5) is 0 Å². The molecule has 0 aliphatic carbocycles. The lowest BCUT2D eigenvalue weighted by Gasteiger charge is -2.42. The number of carbonyl (C=O) groups is 3. The second kappa shape index (κ2) is 10.9. The number of ether oxygens (including phenoxy) is 1. The summed E-state index contributed by atoms with van der Waals surface area (Å²) in [7, 11) is 0. The lowest BCUT2D eigenvalue weighted by molar-refractivity contribution is -0.144. The molecule has 0 radical (unpaired) electrons. The zero-order chi connectivity index (χ0) is 25.8. The molecule has 196 valence electrons. The summed E-state index contributed by atoms with van der Waals surface area (Å²) < 4.78 is 6.13. The predicted octanol–water partition coefficient (Wildman–Crippen LogP) is 2.50. The highest BCUT2D eigenvalue weighted by molar-refractivity contribution is 5.84. The molecule has 2 aromatic carbocycles. The first kappa shape index (κ1) is 25.3. The molecule has 37 heavy (non-hydrogen) atoms. The first-order valence-corrected chi connectivity index (χ1v) is 13.3. The highest BCUT2D eigenvalue weighted by Crippen LogP contribution is 2.38. The van der Waals surface area contributed by atoms with Gasteiger partial charge in [-0.1, -0.05) is 24.3 Å². The van der Waals surface area contributed by atoms with Crippen LogP contribution in [0.1, 0.15) is 36.8 Å². The summed E-state index contributed by atoms with van der Waals surface area (Å²) in [5.74, 6) is 1.44. The molecule has 8 nitrogen and oxygen atoms in total. The lowest BCUT2D eigenvalue weighted by atomic mass is 9.72. The molecule has 0 aromatic heterocycles. The maximum atomic E-state index is 13.6. The number of carbonyl (C=O) groups excluding carboxylic acids is 3. The standard InChI is InChI=1S/C29H36N4O4/c30-26(34)20-32-13-8-23(9-14-32)27(35)33-15-10-29(11-16-33)19-22-4-2-6-25(18-22)37-24-5-1-3-21(17-24)7-12-31-28(29)36/h1-6,17-18,23H,7-16,19-20H2,(H2,30,34)(H,31,36). The Morgan fingerprint density at radius 2 is 1.62 bits per heavy atom. The van der Waals surface area contributed by atoms with Crippen molar-refractivity contribution >= 4 is 17.7 Å². The van der Waals surface area contributed by atoms with Gasteiger partial charge >= 0.3 is 0 Å². The minimum absolute atomic E-state index is 0.0316. The maximum Gasteiger partial charge on any atom is 0.231 e. The van der Waals surface area contributed by atoms with Crippen molar-refractivity contribution in [3.8, 4) is 11.5 Å². The van der Waals surface area contributed by atoms with E-state index < -0.39 is 5.41 Å². The van der Waals surface area contributed by atoms with Crippen molar-refractivity contribution in [1.29, 1.82) is 0 Å². The molecule has 3 N–H and O–H groups in total. The first-order valence-electron chi connectivity index (χ1n) is 13.3. The van der Waals surface area contributed by atoms with Gasteiger partial charge in [0.15, 0.2) is 0 Å². The molecule has 2 fully saturated rings. The molecule has 3 aliphatic rings. The van der Waals surface area contributed by atoms with Crippen LogP contribution in [-0.2, 0) is 27.2 Å². The third-order valence-corrected chi connectivity index (χ3v) is 8.10. The van der Waals surface area contributed by atoms with Gasteiger partial charge in [-0.25, -0.2) is 0 Å². The fourth-order valence-corrected chi connectivity index (χ4v) is 5.97. The third-order valence-electron chi connectivity index (χ3n) is 8.10. The van der Waals surface area contributed by atoms with Crippen molar-refractivity contribution in [2.45, 2.75) is 38.5 Å². The van der Waals surface area contributed by atoms with E-state index in [-0.39, 0.29) is 30.2 Å². The van der Waals surface area contributed by atoms with Crippen molar-refractivity contribution < 1.29 is 19.1 Å². The number of nitrogens with zero attached hydrogens (tertiary/aromatic N) is 2. The Balaban J connectivity index is 1.28. The van der Waals surface area contributed by atoms with Crippen LogP contribution in [0.5, 0.6) is 11.5 Å². The van der Waals surface area contributed by atoms with Crippen LogP contribution in [0.15, 0.2) is 48.5 Å². The average molecular weight is 505 g/mol. The summed E-state index contributed by atoms with van der Waals surface area (Å²) in [5.41, 5.74) is 6.93. The van der Waals surface area contributed by atoms with E-state index in [1.54, 1.807) is 0 Å². The van der Waals surface area contributed by atoms with E-state index in [1.165, 1.54) is 0 Å². The highest BCUT2D eigenvalue weighted by Gasteiger charge is 2.43. The number of primary amides is 1. The van der Waals surface area contributed by atoms with Crippen molar-refractivity contribution in [1.82, 2.24) is 15.1 Å². The number of benzene rings is 2. The van der Waals surface area contributed by atoms with E-state index in [9.17, 15) is 14.4 Å². The van der Waals surface area contributed by atoms with Crippen LogP contribution < -0.4 is 15.8 Å². The molecule has 3 amide bonds. The quantitative estimate of drug-likeness (QED) is 0.668. The minimum Gasteiger partial charge on any atom is -0.457 e. The van der Waals surface area contributed by atoms with Gasteiger partial charge in [0.2, 0.25) is 17.7 Å². The number of piperidine rings is 2. The molecule has 2 aromatic rings. The fraction of sp³-hybridized carbons (Fsp3) is 0.483. The number of nitrogens with one attached hydrogen (secondary N) is 1. The second-order valence-electron chi connectivity index (χ2n) is 10.7. The van der Waals surface area contributed by atoms with Crippen LogP contribution in [-0.4, -0.2) is 66.8 Å². The number of hydrogen-bond acceptors (Lipinski definition) is 5. The lowest BCUT2D eigenvalue weighted by Crippen LogP contribution is -2.53. The zero-order valence-corrected chi connectivity index (χ0v) is 21.3. The largest absolute Gasteiger partial charge is 0.457 e. The van der Waals surface area contributed by atoms with Gasteiger partial charge in [0.05, 0.1) is 12.0 Å². The SMILES string of the molecule is NC(=O)CN1CCC(C(=O)N2CCC3(CC2)Cc2cccc(c2)Oc2cccc(c2)CCNC3=O)CC1. The van der Waals surface area contributed by atoms with E-state index >= 15 is 0 Å². The fourth-order valence-electron chi connectivity index (χ4n) is 5.97. The summed E-state index contributed by atoms with van der Waals surface area (Å²) in [6.07, 6.45) is 4.08.